The van der Waals surface area contributed by atoms with Crippen molar-refractivity contribution in [1.82, 2.24) is 4.90 Å². The molecule has 9 rings (SSSR count). The van der Waals surface area contributed by atoms with Gasteiger partial charge in [0.25, 0.3) is 11.7 Å². The van der Waals surface area contributed by atoms with Crippen LogP contribution in [0.5, 0.6) is 0 Å². The highest BCUT2D eigenvalue weighted by molar-refractivity contribution is 6.39. The second kappa shape index (κ2) is 35.3. The van der Waals surface area contributed by atoms with E-state index in [9.17, 15) is 58.2 Å². The molecule has 2 bridgehead atoms. The third kappa shape index (κ3) is 17.9. The van der Waals surface area contributed by atoms with Crippen LogP contribution in [0.1, 0.15) is 237 Å². The van der Waals surface area contributed by atoms with Gasteiger partial charge in [-0.2, -0.15) is 0 Å². The number of esters is 5. The predicted molar refractivity (Wildman–Crippen MR) is 380 cm³/mol. The van der Waals surface area contributed by atoms with Crippen LogP contribution in [0.2, 0.25) is 0 Å². The lowest BCUT2D eigenvalue weighted by molar-refractivity contribution is -0.265. The maximum Gasteiger partial charge on any atom is 0.342 e. The van der Waals surface area contributed by atoms with Crippen LogP contribution in [0.3, 0.4) is 0 Å². The lowest BCUT2D eigenvalue weighted by Crippen LogP contribution is -2.61. The fourth-order valence-corrected chi connectivity index (χ4v) is 17.9. The number of rotatable bonds is 17. The summed E-state index contributed by atoms with van der Waals surface area (Å²) in [4.78, 5) is 141. The Labute approximate surface area is 612 Å². The maximum absolute atomic E-state index is 14.7. The second-order valence-electron chi connectivity index (χ2n) is 31.6. The van der Waals surface area contributed by atoms with Crippen LogP contribution in [-0.4, -0.2) is 175 Å². The summed E-state index contributed by atoms with van der Waals surface area (Å²) >= 11 is 0. The Hall–Kier alpha value is -6.76. The molecule has 5 heterocycles. The predicted octanol–water partition coefficient (Wildman–Crippen LogP) is 11.3. The molecule has 4 fully saturated rings. The summed E-state index contributed by atoms with van der Waals surface area (Å²) in [6.45, 7) is 17.8. The molecule has 2 saturated heterocycles. The Morgan fingerprint density at radius 3 is 2.14 bits per heavy atom. The number of furan rings is 1. The van der Waals surface area contributed by atoms with E-state index in [0.29, 0.717) is 125 Å². The van der Waals surface area contributed by atoms with Gasteiger partial charge >= 0.3 is 29.8 Å². The summed E-state index contributed by atoms with van der Waals surface area (Å²) in [5.74, 6) is -11.0. The van der Waals surface area contributed by atoms with Gasteiger partial charge in [0.05, 0.1) is 24.2 Å². The molecule has 104 heavy (non-hydrogen) atoms. The van der Waals surface area contributed by atoms with Crippen molar-refractivity contribution in [2.45, 2.75) is 283 Å². The summed E-state index contributed by atoms with van der Waals surface area (Å²) in [6.07, 6.45) is 14.8. The van der Waals surface area contributed by atoms with E-state index in [4.69, 9.17) is 47.0 Å². The number of cyclic esters (lactones) is 2. The van der Waals surface area contributed by atoms with Gasteiger partial charge < -0.3 is 62.2 Å². The van der Waals surface area contributed by atoms with Crippen molar-refractivity contribution in [3.05, 3.63) is 81.9 Å². The Bertz CT molecular complexity index is 3490. The number of hydrogen-bond acceptors (Lipinski definition) is 22. The number of fused-ring (bicyclic) bond motifs is 6. The Balaban J connectivity index is 0.792. The first kappa shape index (κ1) is 81.3. The molecular formula is C81H113NO22. The fraction of sp³-hybridized carbons (Fsp3) is 0.704. The van der Waals surface area contributed by atoms with Crippen molar-refractivity contribution >= 4 is 58.9 Å². The molecule has 2 N–H and O–H groups in total. The van der Waals surface area contributed by atoms with Crippen molar-refractivity contribution in [3.8, 4) is 0 Å². The van der Waals surface area contributed by atoms with Crippen LogP contribution >= 0.6 is 0 Å². The minimum Gasteiger partial charge on any atom is -0.462 e. The number of aliphatic hydroxyl groups is 2. The molecule has 8 aliphatic rings. The van der Waals surface area contributed by atoms with Gasteiger partial charge in [0.1, 0.15) is 66.4 Å². The van der Waals surface area contributed by atoms with Gasteiger partial charge in [-0.25, -0.2) is 9.59 Å². The topological polar surface area (TPSA) is 311 Å². The number of ether oxygens (including phenoxy) is 9. The monoisotopic (exact) mass is 1450 g/mol. The van der Waals surface area contributed by atoms with E-state index in [-0.39, 0.29) is 116 Å². The van der Waals surface area contributed by atoms with E-state index in [1.54, 1.807) is 40.9 Å². The Morgan fingerprint density at radius 1 is 0.769 bits per heavy atom. The number of piperidine rings is 1. The Morgan fingerprint density at radius 2 is 1.47 bits per heavy atom. The molecule has 23 heteroatoms. The molecular weight excluding hydrogens is 1340 g/mol. The molecule has 18 atom stereocenters. The zero-order chi connectivity index (χ0) is 75.7. The number of carbonyl (C=O) groups excluding carboxylic acids is 10. The van der Waals surface area contributed by atoms with Gasteiger partial charge in [-0.05, 0) is 164 Å². The molecule has 4 aliphatic heterocycles. The molecule has 0 radical (unpaired) electrons. The number of nitrogens with zero attached hydrogens (tertiary/aromatic N) is 1. The highest BCUT2D eigenvalue weighted by Crippen LogP contribution is 2.63. The lowest BCUT2D eigenvalue weighted by atomic mass is 9.54. The largest absolute Gasteiger partial charge is 0.462 e. The normalized spacial score (nSPS) is 36.9. The average Bonchev–Trinajstić information content (AvgIpc) is 1.48. The molecule has 1 aromatic heterocycles. The van der Waals surface area contributed by atoms with Crippen molar-refractivity contribution in [3.63, 3.8) is 0 Å². The van der Waals surface area contributed by atoms with Crippen LogP contribution in [0.4, 0.5) is 0 Å². The second-order valence-corrected chi connectivity index (χ2v) is 31.6. The highest BCUT2D eigenvalue weighted by Gasteiger charge is 2.65. The lowest BCUT2D eigenvalue weighted by Gasteiger charge is -2.52. The SMILES string of the molecule is COC[C@H]1OC(=O)c2coc3c2[C@@]1(C)C1=C(C3=O)[C@@H]2CC[C@H](OC(=O)CCCCCCC(=O)OC3CCC(C[C@@H](C)[C@@H]4CC(=O)[C@H](C)/C=C(\C)[C@@H](O)[C@@H](OC)C(=O)[C@H](C)C[C@H](C)/C=C/C=C/C=C(\C)[C@@H](OC)C[C@@H]5CC[C@@H](C)[C@@](O)(O5)C(=O)C(=O)N5CCCC[C@H]5C(=O)O4)CC3)[C@@]2(C)C[C@H]1OC(C)=O. The smallest absolute Gasteiger partial charge is 0.342 e. The quantitative estimate of drug-likeness (QED) is 0.0481. The number of amides is 1. The maximum atomic E-state index is 14.7. The van der Waals surface area contributed by atoms with Crippen molar-refractivity contribution in [2.24, 2.45) is 46.8 Å². The summed E-state index contributed by atoms with van der Waals surface area (Å²) in [5, 5.41) is 23.8. The number of methoxy groups -OCH3 is 3. The highest BCUT2D eigenvalue weighted by atomic mass is 16.6. The first-order valence-corrected chi connectivity index (χ1v) is 38.0. The van der Waals surface area contributed by atoms with E-state index >= 15 is 0 Å². The number of carbonyl (C=O) groups is 10. The van der Waals surface area contributed by atoms with E-state index in [1.807, 2.05) is 65.0 Å². The van der Waals surface area contributed by atoms with Crippen LogP contribution in [0, 0.1) is 46.8 Å². The van der Waals surface area contributed by atoms with Crippen molar-refractivity contribution in [2.75, 3.05) is 34.5 Å². The third-order valence-electron chi connectivity index (χ3n) is 24.1. The molecule has 2 saturated carbocycles. The number of allylic oxidation sites excluding steroid dienone is 7. The molecule has 0 unspecified atom stereocenters. The minimum atomic E-state index is -2.48. The fourth-order valence-electron chi connectivity index (χ4n) is 17.9. The van der Waals surface area contributed by atoms with Crippen molar-refractivity contribution < 1.29 is 105 Å². The summed E-state index contributed by atoms with van der Waals surface area (Å²) < 4.78 is 59.7. The van der Waals surface area contributed by atoms with Crippen LogP contribution in [0.15, 0.2) is 69.4 Å². The van der Waals surface area contributed by atoms with Gasteiger partial charge in [-0.1, -0.05) is 90.8 Å². The average molecular weight is 1450 g/mol. The van der Waals surface area contributed by atoms with Gasteiger partial charge in [0.2, 0.25) is 11.6 Å². The number of unbranched alkanes of at least 4 members (excludes halogenated alkanes) is 3. The summed E-state index contributed by atoms with van der Waals surface area (Å²) in [7, 11) is 4.43. The zero-order valence-corrected chi connectivity index (χ0v) is 63.3. The molecule has 23 nitrogen and oxygen atoms in total. The van der Waals surface area contributed by atoms with Gasteiger partial charge in [-0.3, -0.25) is 38.4 Å². The van der Waals surface area contributed by atoms with E-state index < -0.39 is 125 Å². The van der Waals surface area contributed by atoms with Gasteiger partial charge in [-0.15, -0.1) is 0 Å². The van der Waals surface area contributed by atoms with E-state index in [2.05, 4.69) is 0 Å². The van der Waals surface area contributed by atoms with Crippen LogP contribution < -0.4 is 0 Å². The standard InChI is InChI=1S/C81H113NO22/c1-45-23-17-16-18-24-46(2)60(96-12)40-55-31-28-51(7)81(94,104-55)75(90)76(91)82-36-22-21-25-58(82)78(93)101-61(41-59(84)47(3)38-50(6)71(88)74(97-13)70(87)49(5)37-45)48(4)39-53-29-32-54(33-30-53)100-65(85)26-19-14-15-20-27-66(86)102-63-35-34-57-67-69(62(99-52(8)83)42-79(57,63)9)80(10)64(44-95-11)103-77(92)56-43-98-73(68(56)80)72(67)89/h16-18,23-24,38,43,45,47-49,51,53-55,57-58,60-64,71,74,88,94H,14-15,19-22,25-37,39-42,44H2,1-13H3/b18-16+,23-17+,46-24+,50-38+/t45-,47-,48-,49-,51-,53?,54?,55+,57+,58+,60+,61+,62-,63+,64-,71-,74+,79+,80+,81-/m1/s1. The first-order chi connectivity index (χ1) is 49.4. The number of aliphatic hydroxyl groups excluding tert-OH is 1. The van der Waals surface area contributed by atoms with Gasteiger partial charge in [0, 0.05) is 94.8 Å². The van der Waals surface area contributed by atoms with Gasteiger partial charge in [0.15, 0.2) is 11.5 Å². The van der Waals surface area contributed by atoms with Crippen LogP contribution in [-0.2, 0) is 86.4 Å². The van der Waals surface area contributed by atoms with Crippen molar-refractivity contribution in [1.29, 1.82) is 0 Å². The minimum absolute atomic E-state index is 0.0139. The molecule has 0 spiro atoms. The number of Topliss-reactive ketones (excluding diaryl/α,β-unsaturated/α-hetero) is 4. The van der Waals surface area contributed by atoms with E-state index in [0.717, 1.165) is 5.57 Å². The summed E-state index contributed by atoms with van der Waals surface area (Å²) in [5.41, 5.74) is 0.861. The molecule has 0 aromatic carbocycles. The number of ketones is 4. The first-order valence-electron chi connectivity index (χ1n) is 38.0. The molecule has 1 amide bonds. The zero-order valence-electron chi connectivity index (χ0n) is 63.3. The third-order valence-corrected chi connectivity index (χ3v) is 24.1. The Kier molecular flexibility index (Phi) is 27.6. The number of hydrogen-bond donors (Lipinski definition) is 2. The van der Waals surface area contributed by atoms with E-state index in [1.165, 1.54) is 32.3 Å². The molecule has 4 aliphatic carbocycles. The summed E-state index contributed by atoms with van der Waals surface area (Å²) in [6, 6.07) is -1.20. The molecule has 1 aromatic rings. The van der Waals surface area contributed by atoms with Crippen LogP contribution in [0.25, 0.3) is 0 Å². The molecule has 574 valence electrons.